The molecule has 3 nitrogen and oxygen atoms in total. The van der Waals surface area contributed by atoms with Crippen molar-refractivity contribution in [2.24, 2.45) is 0 Å². The third-order valence-corrected chi connectivity index (χ3v) is 2.14. The van der Waals surface area contributed by atoms with Gasteiger partial charge in [-0.3, -0.25) is 4.67 Å². The maximum absolute atomic E-state index is 10.1. The molecule has 2 atom stereocenters. The summed E-state index contributed by atoms with van der Waals surface area (Å²) < 4.78 is 2.16. The monoisotopic (exact) mass is 160 g/mol. The molecule has 0 saturated carbocycles. The van der Waals surface area contributed by atoms with E-state index < -0.39 is 0 Å². The summed E-state index contributed by atoms with van der Waals surface area (Å²) in [5.41, 5.74) is 0. The Bertz CT molecular complexity index is 120. The van der Waals surface area contributed by atoms with Crippen molar-refractivity contribution < 1.29 is 4.79 Å². The summed E-state index contributed by atoms with van der Waals surface area (Å²) in [6.45, 7) is 3.01. The van der Waals surface area contributed by atoms with Gasteiger partial charge in [0, 0.05) is 32.1 Å². The lowest BCUT2D eigenvalue weighted by atomic mass is 10.2. The predicted molar refractivity (Wildman–Crippen MR) is 43.8 cm³/mol. The van der Waals surface area contributed by atoms with Gasteiger partial charge in [-0.1, -0.05) is 9.39 Å². The molecule has 1 rings (SSSR count). The molecule has 0 aromatic rings. The summed E-state index contributed by atoms with van der Waals surface area (Å²) in [5, 5.41) is 3.26. The third kappa shape index (κ3) is 2.33. The van der Waals surface area contributed by atoms with Crippen LogP contribution < -0.4 is 5.32 Å². The predicted octanol–water partition coefficient (Wildman–Crippen LogP) is -0.361. The Balaban J connectivity index is 2.24. The lowest BCUT2D eigenvalue weighted by molar-refractivity contribution is -0.108. The van der Waals surface area contributed by atoms with Crippen molar-refractivity contribution in [2.45, 2.75) is 12.5 Å². The molecule has 1 saturated heterocycles. The number of nitrogens with zero attached hydrogens (tertiary/aromatic N) is 1. The van der Waals surface area contributed by atoms with Gasteiger partial charge in [0.15, 0.2) is 0 Å². The molecule has 1 aliphatic rings. The molecule has 0 spiro atoms. The number of nitrogens with one attached hydrogen (secondary N) is 1. The van der Waals surface area contributed by atoms with Gasteiger partial charge in [-0.05, 0) is 0 Å². The van der Waals surface area contributed by atoms with Crippen LogP contribution in [0.1, 0.15) is 6.42 Å². The van der Waals surface area contributed by atoms with Crippen LogP contribution in [-0.4, -0.2) is 36.6 Å². The van der Waals surface area contributed by atoms with Gasteiger partial charge in [0.25, 0.3) is 0 Å². The zero-order valence-corrected chi connectivity index (χ0v) is 7.07. The Hall–Kier alpha value is 0.0200. The molecule has 0 aliphatic carbocycles. The minimum absolute atomic E-state index is 0.365. The van der Waals surface area contributed by atoms with Gasteiger partial charge in [0.05, 0.1) is 0 Å². The van der Waals surface area contributed by atoms with Crippen LogP contribution >= 0.6 is 9.39 Å². The van der Waals surface area contributed by atoms with Crippen LogP contribution in [0, 0.1) is 0 Å². The molecule has 1 aliphatic heterocycles. The number of carbonyl (C=O) groups excluding carboxylic acids is 1. The molecule has 2 unspecified atom stereocenters. The van der Waals surface area contributed by atoms with E-state index in [1.54, 1.807) is 0 Å². The first-order valence-corrected chi connectivity index (χ1v) is 4.01. The van der Waals surface area contributed by atoms with E-state index in [-0.39, 0.29) is 0 Å². The molecule has 0 radical (unpaired) electrons. The molecule has 0 aromatic carbocycles. The van der Waals surface area contributed by atoms with E-state index in [0.717, 1.165) is 25.9 Å². The van der Waals surface area contributed by atoms with E-state index in [4.69, 9.17) is 0 Å². The Morgan fingerprint density at radius 2 is 2.60 bits per heavy atom. The number of carbonyl (C=O) groups is 1. The Morgan fingerprint density at radius 1 is 1.80 bits per heavy atom. The average molecular weight is 160 g/mol. The van der Waals surface area contributed by atoms with Gasteiger partial charge in [-0.2, -0.15) is 0 Å². The summed E-state index contributed by atoms with van der Waals surface area (Å²) in [6.07, 6.45) is 1.60. The Kier molecular flexibility index (Phi) is 3.26. The molecule has 1 fully saturated rings. The van der Waals surface area contributed by atoms with Crippen molar-refractivity contribution >= 4 is 15.7 Å². The van der Waals surface area contributed by atoms with Gasteiger partial charge in [0.2, 0.25) is 0 Å². The van der Waals surface area contributed by atoms with Crippen LogP contribution in [0.4, 0.5) is 0 Å². The van der Waals surface area contributed by atoms with E-state index in [0.29, 0.717) is 12.5 Å². The maximum atomic E-state index is 10.1. The zero-order chi connectivity index (χ0) is 7.40. The van der Waals surface area contributed by atoms with Gasteiger partial charge >= 0.3 is 0 Å². The first-order valence-electron chi connectivity index (χ1n) is 3.49. The number of aldehydes is 1. The van der Waals surface area contributed by atoms with E-state index >= 15 is 0 Å². The quantitative estimate of drug-likeness (QED) is 0.442. The largest absolute Gasteiger partial charge is 0.311 e. The van der Waals surface area contributed by atoms with Crippen molar-refractivity contribution in [1.29, 1.82) is 0 Å². The lowest BCUT2D eigenvalue weighted by Gasteiger charge is -2.29. The average Bonchev–Trinajstić information content (AvgIpc) is 1.88. The van der Waals surface area contributed by atoms with Gasteiger partial charge in [0.1, 0.15) is 6.29 Å². The highest BCUT2D eigenvalue weighted by Gasteiger charge is 2.14. The summed E-state index contributed by atoms with van der Waals surface area (Å²) in [4.78, 5) is 10.1. The summed E-state index contributed by atoms with van der Waals surface area (Å²) in [5.74, 6) is 0. The van der Waals surface area contributed by atoms with Gasteiger partial charge in [-0.15, -0.1) is 0 Å². The second-order valence-electron chi connectivity index (χ2n) is 2.55. The topological polar surface area (TPSA) is 32.3 Å². The molecule has 4 heteroatoms. The van der Waals surface area contributed by atoms with Crippen molar-refractivity contribution in [3.63, 3.8) is 0 Å². The lowest BCUT2D eigenvalue weighted by Crippen LogP contribution is -2.46. The van der Waals surface area contributed by atoms with E-state index in [2.05, 4.69) is 19.4 Å². The van der Waals surface area contributed by atoms with Crippen molar-refractivity contribution in [3.05, 3.63) is 0 Å². The maximum Gasteiger partial charge on any atom is 0.121 e. The molecule has 0 aromatic heterocycles. The van der Waals surface area contributed by atoms with Gasteiger partial charge < -0.3 is 10.1 Å². The Labute approximate surface area is 63.4 Å². The van der Waals surface area contributed by atoms with Crippen LogP contribution in [-0.2, 0) is 4.79 Å². The molecule has 0 amide bonds. The summed E-state index contributed by atoms with van der Waals surface area (Å²) in [7, 11) is 2.66. The first kappa shape index (κ1) is 8.12. The fraction of sp³-hybridized carbons (Fsp3) is 0.833. The Morgan fingerprint density at radius 3 is 3.20 bits per heavy atom. The second kappa shape index (κ2) is 4.02. The zero-order valence-electron chi connectivity index (χ0n) is 5.92. The van der Waals surface area contributed by atoms with E-state index in [1.807, 2.05) is 0 Å². The van der Waals surface area contributed by atoms with Crippen molar-refractivity contribution in [1.82, 2.24) is 9.99 Å². The van der Waals surface area contributed by atoms with E-state index in [1.165, 1.54) is 0 Å². The van der Waals surface area contributed by atoms with Crippen molar-refractivity contribution in [2.75, 3.05) is 19.6 Å². The highest BCUT2D eigenvalue weighted by Crippen LogP contribution is 2.05. The second-order valence-corrected chi connectivity index (χ2v) is 3.28. The van der Waals surface area contributed by atoms with Crippen LogP contribution in [0.2, 0.25) is 0 Å². The molecule has 1 heterocycles. The SMILES string of the molecule is O=CCC1CN(P)CCN1. The van der Waals surface area contributed by atoms with Crippen LogP contribution in [0.25, 0.3) is 0 Å². The minimum Gasteiger partial charge on any atom is -0.311 e. The first-order chi connectivity index (χ1) is 4.83. The molecule has 1 N–H and O–H groups in total. The molecule has 58 valence electrons. The highest BCUT2D eigenvalue weighted by atomic mass is 31.0. The third-order valence-electron chi connectivity index (χ3n) is 1.67. The standard InChI is InChI=1S/C6H13N2OP/c9-4-1-6-5-8(10)3-2-7-6/h4,6-7H,1-3,5,10H2. The number of hydrogen-bond donors (Lipinski definition) is 1. The van der Waals surface area contributed by atoms with E-state index in [9.17, 15) is 4.79 Å². The normalized spacial score (nSPS) is 28.3. The van der Waals surface area contributed by atoms with Gasteiger partial charge in [-0.25, -0.2) is 0 Å². The number of rotatable bonds is 2. The fourth-order valence-electron chi connectivity index (χ4n) is 1.13. The number of piperazine rings is 1. The summed E-state index contributed by atoms with van der Waals surface area (Å²) in [6, 6.07) is 0.365. The fourth-order valence-corrected chi connectivity index (χ4v) is 1.51. The van der Waals surface area contributed by atoms with Crippen LogP contribution in [0.15, 0.2) is 0 Å². The molecular formula is C6H13N2OP. The molecular weight excluding hydrogens is 147 g/mol. The highest BCUT2D eigenvalue weighted by molar-refractivity contribution is 7.13. The smallest absolute Gasteiger partial charge is 0.121 e. The number of hydrogen-bond acceptors (Lipinski definition) is 3. The van der Waals surface area contributed by atoms with Crippen LogP contribution in [0.3, 0.4) is 0 Å². The minimum atomic E-state index is 0.365. The molecule has 10 heavy (non-hydrogen) atoms. The molecule has 0 bridgehead atoms. The summed E-state index contributed by atoms with van der Waals surface area (Å²) >= 11 is 0. The van der Waals surface area contributed by atoms with Crippen LogP contribution in [0.5, 0.6) is 0 Å². The van der Waals surface area contributed by atoms with Crippen molar-refractivity contribution in [3.8, 4) is 0 Å².